The molecule has 20 heavy (non-hydrogen) atoms. The predicted octanol–water partition coefficient (Wildman–Crippen LogP) is 4.94. The highest BCUT2D eigenvalue weighted by Gasteiger charge is 2.34. The van der Waals surface area contributed by atoms with Crippen LogP contribution in [-0.2, 0) is 0 Å². The number of halogens is 2. The van der Waals surface area contributed by atoms with E-state index in [1.807, 2.05) is 0 Å². The molecule has 3 rings (SSSR count). The summed E-state index contributed by atoms with van der Waals surface area (Å²) in [6.45, 7) is 0.873. The summed E-state index contributed by atoms with van der Waals surface area (Å²) in [5.41, 5.74) is 0.840. The highest BCUT2D eigenvalue weighted by molar-refractivity contribution is 8.14. The van der Waals surface area contributed by atoms with Crippen molar-refractivity contribution in [3.63, 3.8) is 0 Å². The number of amidine groups is 1. The molecule has 1 aliphatic heterocycles. The van der Waals surface area contributed by atoms with Gasteiger partial charge in [-0.15, -0.1) is 0 Å². The Morgan fingerprint density at radius 2 is 2.05 bits per heavy atom. The Labute approximate surface area is 128 Å². The average Bonchev–Trinajstić information content (AvgIpc) is 2.45. The van der Waals surface area contributed by atoms with Crippen LogP contribution in [0, 0.1) is 11.2 Å². The molecule has 1 aromatic rings. The number of anilines is 1. The minimum absolute atomic E-state index is 0.334. The zero-order chi connectivity index (χ0) is 14.0. The number of rotatable bonds is 1. The molecule has 0 saturated heterocycles. The third-order valence-corrected chi connectivity index (χ3v) is 5.66. The minimum atomic E-state index is -0.334. The van der Waals surface area contributed by atoms with Gasteiger partial charge in [-0.2, -0.15) is 0 Å². The monoisotopic (exact) mass is 312 g/mol. The van der Waals surface area contributed by atoms with Gasteiger partial charge >= 0.3 is 0 Å². The first-order valence-corrected chi connectivity index (χ1v) is 8.43. The number of nitrogens with one attached hydrogen (secondary N) is 1. The van der Waals surface area contributed by atoms with E-state index in [4.69, 9.17) is 11.6 Å². The summed E-state index contributed by atoms with van der Waals surface area (Å²) in [6, 6.07) is 4.66. The maximum Gasteiger partial charge on any atom is 0.161 e. The van der Waals surface area contributed by atoms with Gasteiger partial charge in [-0.3, -0.25) is 4.99 Å². The Hall–Kier alpha value is -0.740. The van der Waals surface area contributed by atoms with Gasteiger partial charge in [0.15, 0.2) is 5.17 Å². The normalized spacial score (nSPS) is 21.6. The van der Waals surface area contributed by atoms with E-state index in [-0.39, 0.29) is 5.82 Å². The van der Waals surface area contributed by atoms with Crippen LogP contribution in [0.2, 0.25) is 5.02 Å². The molecule has 5 heteroatoms. The van der Waals surface area contributed by atoms with Gasteiger partial charge in [-0.25, -0.2) is 4.39 Å². The van der Waals surface area contributed by atoms with Crippen molar-refractivity contribution < 1.29 is 4.39 Å². The predicted molar refractivity (Wildman–Crippen MR) is 85.3 cm³/mol. The third kappa shape index (κ3) is 3.12. The Morgan fingerprint density at radius 3 is 2.70 bits per heavy atom. The number of hydrogen-bond donors (Lipinski definition) is 1. The second-order valence-corrected chi connectivity index (χ2v) is 7.12. The lowest BCUT2D eigenvalue weighted by Crippen LogP contribution is -2.35. The summed E-state index contributed by atoms with van der Waals surface area (Å²) >= 11 is 7.47. The van der Waals surface area contributed by atoms with Crippen molar-refractivity contribution in [2.75, 3.05) is 17.6 Å². The lowest BCUT2D eigenvalue weighted by atomic mass is 9.75. The second-order valence-electron chi connectivity index (χ2n) is 5.72. The SMILES string of the molecule is Fc1cc(Cl)ccc1NC1=NCC2(CCCCC2)CS1. The standard InChI is InChI=1S/C15H18ClFN2S/c16-11-4-5-13(12(17)8-11)19-14-18-9-15(10-20-14)6-2-1-3-7-15/h4-5,8H,1-3,6-7,9-10H2,(H,18,19). The molecule has 1 heterocycles. The van der Waals surface area contributed by atoms with Crippen LogP contribution in [0.15, 0.2) is 23.2 Å². The smallest absolute Gasteiger partial charge is 0.161 e. The van der Waals surface area contributed by atoms with E-state index >= 15 is 0 Å². The number of nitrogens with zero attached hydrogens (tertiary/aromatic N) is 1. The molecule has 0 aromatic heterocycles. The highest BCUT2D eigenvalue weighted by atomic mass is 35.5. The third-order valence-electron chi connectivity index (χ3n) is 4.16. The van der Waals surface area contributed by atoms with Crippen molar-refractivity contribution >= 4 is 34.2 Å². The average molecular weight is 313 g/mol. The number of thioether (sulfide) groups is 1. The van der Waals surface area contributed by atoms with Crippen molar-refractivity contribution in [1.29, 1.82) is 0 Å². The van der Waals surface area contributed by atoms with Gasteiger partial charge in [0.1, 0.15) is 5.82 Å². The van der Waals surface area contributed by atoms with E-state index in [2.05, 4.69) is 10.3 Å². The van der Waals surface area contributed by atoms with E-state index in [1.54, 1.807) is 23.9 Å². The van der Waals surface area contributed by atoms with E-state index in [0.29, 0.717) is 16.1 Å². The lowest BCUT2D eigenvalue weighted by Gasteiger charge is -2.38. The van der Waals surface area contributed by atoms with Crippen LogP contribution < -0.4 is 5.32 Å². The molecule has 1 aromatic carbocycles. The van der Waals surface area contributed by atoms with Crippen LogP contribution in [0.1, 0.15) is 32.1 Å². The number of benzene rings is 1. The van der Waals surface area contributed by atoms with Gasteiger partial charge in [0.05, 0.1) is 5.69 Å². The van der Waals surface area contributed by atoms with Crippen molar-refractivity contribution in [3.05, 3.63) is 29.0 Å². The Morgan fingerprint density at radius 1 is 1.25 bits per heavy atom. The molecule has 0 amide bonds. The highest BCUT2D eigenvalue weighted by Crippen LogP contribution is 2.42. The lowest BCUT2D eigenvalue weighted by molar-refractivity contribution is 0.232. The topological polar surface area (TPSA) is 24.4 Å². The fourth-order valence-electron chi connectivity index (χ4n) is 2.94. The van der Waals surface area contributed by atoms with Gasteiger partial charge in [0.25, 0.3) is 0 Å². The molecule has 2 nitrogen and oxygen atoms in total. The fraction of sp³-hybridized carbons (Fsp3) is 0.533. The van der Waals surface area contributed by atoms with Crippen LogP contribution >= 0.6 is 23.4 Å². The first-order chi connectivity index (χ1) is 9.67. The van der Waals surface area contributed by atoms with Crippen LogP contribution in [0.3, 0.4) is 0 Å². The molecular weight excluding hydrogens is 295 g/mol. The maximum atomic E-state index is 13.7. The molecule has 0 radical (unpaired) electrons. The maximum absolute atomic E-state index is 13.7. The zero-order valence-corrected chi connectivity index (χ0v) is 12.9. The summed E-state index contributed by atoms with van der Waals surface area (Å²) in [5.74, 6) is 0.757. The molecule has 1 spiro atoms. The summed E-state index contributed by atoms with van der Waals surface area (Å²) < 4.78 is 13.7. The fourth-order valence-corrected chi connectivity index (χ4v) is 4.26. The molecule has 108 valence electrons. The van der Waals surface area contributed by atoms with Crippen molar-refractivity contribution in [2.24, 2.45) is 10.4 Å². The molecule has 1 saturated carbocycles. The van der Waals surface area contributed by atoms with Crippen LogP contribution in [0.25, 0.3) is 0 Å². The van der Waals surface area contributed by atoms with Crippen molar-refractivity contribution in [1.82, 2.24) is 0 Å². The quantitative estimate of drug-likeness (QED) is 0.794. The molecule has 0 atom stereocenters. The Kier molecular flexibility index (Phi) is 4.22. The molecule has 1 N–H and O–H groups in total. The summed E-state index contributed by atoms with van der Waals surface area (Å²) in [4.78, 5) is 4.63. The van der Waals surface area contributed by atoms with E-state index in [0.717, 1.165) is 17.5 Å². The van der Waals surface area contributed by atoms with Gasteiger partial charge in [0, 0.05) is 17.3 Å². The van der Waals surface area contributed by atoms with Gasteiger partial charge in [-0.1, -0.05) is 42.6 Å². The van der Waals surface area contributed by atoms with E-state index in [9.17, 15) is 4.39 Å². The van der Waals surface area contributed by atoms with Crippen LogP contribution in [-0.4, -0.2) is 17.5 Å². The molecule has 0 unspecified atom stereocenters. The largest absolute Gasteiger partial charge is 0.333 e. The minimum Gasteiger partial charge on any atom is -0.333 e. The van der Waals surface area contributed by atoms with Gasteiger partial charge in [-0.05, 0) is 36.5 Å². The zero-order valence-electron chi connectivity index (χ0n) is 11.3. The summed E-state index contributed by atoms with van der Waals surface area (Å²) in [7, 11) is 0. The number of hydrogen-bond acceptors (Lipinski definition) is 3. The molecule has 0 bridgehead atoms. The number of aliphatic imine (C=N–C) groups is 1. The molecule has 2 aliphatic rings. The van der Waals surface area contributed by atoms with Gasteiger partial charge < -0.3 is 5.32 Å². The second kappa shape index (κ2) is 5.94. The summed E-state index contributed by atoms with van der Waals surface area (Å²) in [6.07, 6.45) is 6.57. The van der Waals surface area contributed by atoms with Crippen LogP contribution in [0.5, 0.6) is 0 Å². The first-order valence-electron chi connectivity index (χ1n) is 7.06. The molecular formula is C15H18ClFN2S. The Bertz CT molecular complexity index is 527. The molecule has 1 fully saturated rings. The van der Waals surface area contributed by atoms with Gasteiger partial charge in [0.2, 0.25) is 0 Å². The van der Waals surface area contributed by atoms with Crippen LogP contribution in [0.4, 0.5) is 10.1 Å². The molecule has 1 aliphatic carbocycles. The van der Waals surface area contributed by atoms with Crippen molar-refractivity contribution in [2.45, 2.75) is 32.1 Å². The van der Waals surface area contributed by atoms with E-state index < -0.39 is 0 Å². The summed E-state index contributed by atoms with van der Waals surface area (Å²) in [5, 5.41) is 4.31. The van der Waals surface area contributed by atoms with E-state index in [1.165, 1.54) is 38.2 Å². The van der Waals surface area contributed by atoms with Crippen molar-refractivity contribution in [3.8, 4) is 0 Å². The Balaban J connectivity index is 1.67. The first kappa shape index (κ1) is 14.2.